The van der Waals surface area contributed by atoms with Crippen LogP contribution in [0.3, 0.4) is 0 Å². The highest BCUT2D eigenvalue weighted by molar-refractivity contribution is 7.09. The molecule has 1 atom stereocenters. The summed E-state index contributed by atoms with van der Waals surface area (Å²) in [5, 5.41) is 16.0. The van der Waals surface area contributed by atoms with Crippen molar-refractivity contribution in [3.8, 4) is 16.9 Å². The van der Waals surface area contributed by atoms with Gasteiger partial charge in [0.15, 0.2) is 0 Å². The van der Waals surface area contributed by atoms with E-state index in [9.17, 15) is 14.3 Å². The number of anilines is 1. The topological polar surface area (TPSA) is 65.5 Å². The summed E-state index contributed by atoms with van der Waals surface area (Å²) in [7, 11) is 0. The molecule has 0 radical (unpaired) electrons. The highest BCUT2D eigenvalue weighted by atomic mass is 32.1. The largest absolute Gasteiger partial charge is 0.508 e. The molecule has 1 unspecified atom stereocenters. The summed E-state index contributed by atoms with van der Waals surface area (Å²) in [6.45, 7) is 7.68. The summed E-state index contributed by atoms with van der Waals surface area (Å²) in [5.74, 6) is 0.301. The lowest BCUT2D eigenvalue weighted by atomic mass is 9.94. The number of carbonyl (C=O) groups is 1. The van der Waals surface area contributed by atoms with Crippen LogP contribution in [0.1, 0.15) is 41.9 Å². The third-order valence-electron chi connectivity index (χ3n) is 7.24. The summed E-state index contributed by atoms with van der Waals surface area (Å²) in [6, 6.07) is 21.4. The minimum Gasteiger partial charge on any atom is -0.508 e. The summed E-state index contributed by atoms with van der Waals surface area (Å²) in [5.41, 5.74) is 4.73. The zero-order valence-electron chi connectivity index (χ0n) is 21.9. The Hall–Kier alpha value is -3.97. The van der Waals surface area contributed by atoms with E-state index in [1.807, 2.05) is 35.4 Å². The van der Waals surface area contributed by atoms with Crippen LogP contribution in [0.5, 0.6) is 5.75 Å². The smallest absolute Gasteiger partial charge is 0.225 e. The van der Waals surface area contributed by atoms with Gasteiger partial charge in [0.05, 0.1) is 16.4 Å². The predicted octanol–water partition coefficient (Wildman–Crippen LogP) is 7.32. The van der Waals surface area contributed by atoms with Gasteiger partial charge < -0.3 is 15.3 Å². The van der Waals surface area contributed by atoms with Crippen molar-refractivity contribution >= 4 is 28.6 Å². The minimum atomic E-state index is -0.343. The molecule has 7 heteroatoms. The molecule has 1 aliphatic heterocycles. The lowest BCUT2D eigenvalue weighted by molar-refractivity contribution is -0.136. The molecule has 2 N–H and O–H groups in total. The molecule has 2 heterocycles. The van der Waals surface area contributed by atoms with Gasteiger partial charge in [-0.1, -0.05) is 56.0 Å². The Morgan fingerprint density at radius 2 is 1.85 bits per heavy atom. The van der Waals surface area contributed by atoms with Crippen LogP contribution in [-0.2, 0) is 11.2 Å². The molecular formula is C32H32FN3O2S. The summed E-state index contributed by atoms with van der Waals surface area (Å²) in [6.07, 6.45) is 2.53. The van der Waals surface area contributed by atoms with E-state index in [0.29, 0.717) is 22.9 Å². The van der Waals surface area contributed by atoms with Crippen LogP contribution in [0, 0.1) is 11.7 Å². The second-order valence-electron chi connectivity index (χ2n) is 10.1. The zero-order valence-corrected chi connectivity index (χ0v) is 22.8. The standard InChI is InChI=1S/C32H32FN3O2S/c1-21(18-23-6-4-3-5-7-23)32(38)36-16-14-25(15-17-36)31-35-30(20-39-31)22(2)34-29-13-10-26(33)19-28(29)24-8-11-27(37)12-9-24/h3-13,19-21,25,34,37H,2,14-18H2,1H3. The number of likely N-dealkylation sites (tertiary alicyclic amines) is 1. The Morgan fingerprint density at radius 1 is 1.13 bits per heavy atom. The maximum Gasteiger partial charge on any atom is 0.225 e. The van der Waals surface area contributed by atoms with Crippen LogP contribution in [0.2, 0.25) is 0 Å². The molecule has 1 fully saturated rings. The summed E-state index contributed by atoms with van der Waals surface area (Å²) < 4.78 is 14.1. The Labute approximate surface area is 232 Å². The van der Waals surface area contributed by atoms with Gasteiger partial charge in [0.25, 0.3) is 0 Å². The number of nitrogens with zero attached hydrogens (tertiary/aromatic N) is 2. The van der Waals surface area contributed by atoms with Crippen molar-refractivity contribution in [3.05, 3.63) is 107 Å². The first-order valence-corrected chi connectivity index (χ1v) is 14.1. The molecule has 200 valence electrons. The number of carbonyl (C=O) groups excluding carboxylic acids is 1. The summed E-state index contributed by atoms with van der Waals surface area (Å²) in [4.78, 5) is 19.9. The van der Waals surface area contributed by atoms with E-state index in [1.54, 1.807) is 41.7 Å². The average Bonchev–Trinajstić information content (AvgIpc) is 3.45. The monoisotopic (exact) mass is 541 g/mol. The van der Waals surface area contributed by atoms with Crippen LogP contribution in [0.15, 0.2) is 84.8 Å². The van der Waals surface area contributed by atoms with Gasteiger partial charge in [-0.15, -0.1) is 11.3 Å². The maximum atomic E-state index is 14.1. The SMILES string of the molecule is C=C(Nc1ccc(F)cc1-c1ccc(O)cc1)c1csc(C2CCN(C(=O)C(C)Cc3ccccc3)CC2)n1. The predicted molar refractivity (Wildman–Crippen MR) is 156 cm³/mol. The maximum absolute atomic E-state index is 14.1. The van der Waals surface area contributed by atoms with E-state index < -0.39 is 0 Å². The number of aromatic hydroxyl groups is 1. The van der Waals surface area contributed by atoms with Gasteiger partial charge in [-0.2, -0.15) is 0 Å². The Bertz CT molecular complexity index is 1440. The average molecular weight is 542 g/mol. The second-order valence-corrected chi connectivity index (χ2v) is 11.0. The number of rotatable bonds is 8. The number of hydrogen-bond donors (Lipinski definition) is 2. The molecule has 1 saturated heterocycles. The number of thiazole rings is 1. The van der Waals surface area contributed by atoms with Gasteiger partial charge >= 0.3 is 0 Å². The molecule has 5 rings (SSSR count). The first-order chi connectivity index (χ1) is 18.9. The van der Waals surface area contributed by atoms with Crippen LogP contribution >= 0.6 is 11.3 Å². The number of hydrogen-bond acceptors (Lipinski definition) is 5. The van der Waals surface area contributed by atoms with Crippen molar-refractivity contribution in [1.82, 2.24) is 9.88 Å². The summed E-state index contributed by atoms with van der Waals surface area (Å²) >= 11 is 1.61. The van der Waals surface area contributed by atoms with Crippen molar-refractivity contribution in [2.24, 2.45) is 5.92 Å². The Kier molecular flexibility index (Phi) is 8.07. The highest BCUT2D eigenvalue weighted by Crippen LogP contribution is 2.35. The molecule has 0 bridgehead atoms. The number of nitrogens with one attached hydrogen (secondary N) is 1. The Morgan fingerprint density at radius 3 is 2.56 bits per heavy atom. The molecule has 1 aliphatic rings. The third-order valence-corrected chi connectivity index (χ3v) is 8.25. The molecule has 1 aromatic heterocycles. The minimum absolute atomic E-state index is 0.0391. The van der Waals surface area contributed by atoms with E-state index >= 15 is 0 Å². The van der Waals surface area contributed by atoms with E-state index in [-0.39, 0.29) is 23.4 Å². The first-order valence-electron chi connectivity index (χ1n) is 13.2. The lowest BCUT2D eigenvalue weighted by Crippen LogP contribution is -2.41. The zero-order chi connectivity index (χ0) is 27.4. The van der Waals surface area contributed by atoms with Crippen molar-refractivity contribution in [1.29, 1.82) is 0 Å². The normalized spacial score (nSPS) is 14.7. The fourth-order valence-corrected chi connectivity index (χ4v) is 6.07. The molecule has 4 aromatic rings. The quantitative estimate of drug-likeness (QED) is 0.245. The van der Waals surface area contributed by atoms with Crippen molar-refractivity contribution in [2.75, 3.05) is 18.4 Å². The second kappa shape index (κ2) is 11.8. The number of phenolic OH excluding ortho intramolecular Hbond substituents is 1. The fraction of sp³-hybridized carbons (Fsp3) is 0.250. The number of piperidine rings is 1. The van der Waals surface area contributed by atoms with Crippen LogP contribution < -0.4 is 5.32 Å². The molecule has 5 nitrogen and oxygen atoms in total. The fourth-order valence-electron chi connectivity index (χ4n) is 5.06. The number of halogens is 1. The van der Waals surface area contributed by atoms with Crippen molar-refractivity contribution in [3.63, 3.8) is 0 Å². The highest BCUT2D eigenvalue weighted by Gasteiger charge is 2.28. The van der Waals surface area contributed by atoms with Gasteiger partial charge in [0.1, 0.15) is 11.6 Å². The van der Waals surface area contributed by atoms with Crippen molar-refractivity contribution < 1.29 is 14.3 Å². The van der Waals surface area contributed by atoms with Gasteiger partial charge in [-0.25, -0.2) is 9.37 Å². The number of amides is 1. The number of phenols is 1. The molecular weight excluding hydrogens is 509 g/mol. The van der Waals surface area contributed by atoms with Crippen molar-refractivity contribution in [2.45, 2.75) is 32.1 Å². The van der Waals surface area contributed by atoms with Crippen LogP contribution in [0.25, 0.3) is 16.8 Å². The molecule has 0 saturated carbocycles. The molecule has 3 aromatic carbocycles. The molecule has 1 amide bonds. The molecule has 39 heavy (non-hydrogen) atoms. The number of aromatic nitrogens is 1. The van der Waals surface area contributed by atoms with Gasteiger partial charge in [0.2, 0.25) is 5.91 Å². The first kappa shape index (κ1) is 26.6. The van der Waals surface area contributed by atoms with E-state index in [4.69, 9.17) is 4.98 Å². The van der Waals surface area contributed by atoms with Crippen LogP contribution in [-0.4, -0.2) is 34.0 Å². The molecule has 0 aliphatic carbocycles. The molecule has 0 spiro atoms. The van der Waals surface area contributed by atoms with E-state index in [0.717, 1.165) is 48.6 Å². The van der Waals surface area contributed by atoms with Crippen LogP contribution in [0.4, 0.5) is 10.1 Å². The van der Waals surface area contributed by atoms with E-state index in [2.05, 4.69) is 24.0 Å². The van der Waals surface area contributed by atoms with Gasteiger partial charge in [-0.3, -0.25) is 4.79 Å². The van der Waals surface area contributed by atoms with E-state index in [1.165, 1.54) is 17.7 Å². The van der Waals surface area contributed by atoms with Gasteiger partial charge in [0, 0.05) is 41.6 Å². The third kappa shape index (κ3) is 6.37. The number of benzene rings is 3. The Balaban J connectivity index is 1.20. The van der Waals surface area contributed by atoms with Gasteiger partial charge in [-0.05, 0) is 60.7 Å². The lowest BCUT2D eigenvalue weighted by Gasteiger charge is -2.33.